The number of likely N-dealkylation sites (tertiary alicyclic amines) is 1. The highest BCUT2D eigenvalue weighted by molar-refractivity contribution is 7.99. The molecule has 2 rings (SSSR count). The van der Waals surface area contributed by atoms with Crippen LogP contribution in [-0.4, -0.2) is 41.6 Å². The van der Waals surface area contributed by atoms with Crippen LogP contribution in [0.1, 0.15) is 19.8 Å². The fraction of sp³-hybridized carbons (Fsp3) is 1.00. The Kier molecular flexibility index (Phi) is 3.17. The minimum Gasteiger partial charge on any atom is -0.330 e. The lowest BCUT2D eigenvalue weighted by Crippen LogP contribution is -2.38. The number of rotatable bonds is 2. The average molecular weight is 200 g/mol. The molecule has 13 heavy (non-hydrogen) atoms. The average Bonchev–Trinajstić information content (AvgIpc) is 2.72. The van der Waals surface area contributed by atoms with Crippen molar-refractivity contribution >= 4 is 11.8 Å². The summed E-state index contributed by atoms with van der Waals surface area (Å²) in [6, 6.07) is 1.63. The van der Waals surface area contributed by atoms with Gasteiger partial charge in [-0.2, -0.15) is 11.8 Å². The SMILES string of the molecule is CC1CC(CN)CN1C1CCSC1. The van der Waals surface area contributed by atoms with Crippen molar-refractivity contribution in [2.45, 2.75) is 31.8 Å². The summed E-state index contributed by atoms with van der Waals surface area (Å²) in [6.45, 7) is 4.49. The predicted molar refractivity (Wildman–Crippen MR) is 59.1 cm³/mol. The summed E-state index contributed by atoms with van der Waals surface area (Å²) in [5, 5.41) is 0. The molecule has 0 spiro atoms. The van der Waals surface area contributed by atoms with Crippen LogP contribution in [0.3, 0.4) is 0 Å². The molecule has 2 heterocycles. The zero-order valence-corrected chi connectivity index (χ0v) is 9.22. The molecular weight excluding hydrogens is 180 g/mol. The van der Waals surface area contributed by atoms with E-state index in [1.807, 2.05) is 0 Å². The molecule has 0 radical (unpaired) electrons. The summed E-state index contributed by atoms with van der Waals surface area (Å²) in [6.07, 6.45) is 2.71. The van der Waals surface area contributed by atoms with Crippen molar-refractivity contribution in [1.29, 1.82) is 0 Å². The van der Waals surface area contributed by atoms with Gasteiger partial charge in [0.25, 0.3) is 0 Å². The molecule has 3 unspecified atom stereocenters. The van der Waals surface area contributed by atoms with E-state index < -0.39 is 0 Å². The van der Waals surface area contributed by atoms with Crippen LogP contribution in [0.25, 0.3) is 0 Å². The van der Waals surface area contributed by atoms with Gasteiger partial charge in [0.05, 0.1) is 0 Å². The molecule has 2 fully saturated rings. The van der Waals surface area contributed by atoms with Crippen LogP contribution < -0.4 is 5.73 Å². The summed E-state index contributed by atoms with van der Waals surface area (Å²) < 4.78 is 0. The summed E-state index contributed by atoms with van der Waals surface area (Å²) in [4.78, 5) is 2.69. The van der Waals surface area contributed by atoms with E-state index in [1.165, 1.54) is 30.9 Å². The van der Waals surface area contributed by atoms with Gasteiger partial charge in [0.15, 0.2) is 0 Å². The Morgan fingerprint density at radius 3 is 2.92 bits per heavy atom. The monoisotopic (exact) mass is 200 g/mol. The lowest BCUT2D eigenvalue weighted by Gasteiger charge is -2.27. The van der Waals surface area contributed by atoms with Crippen molar-refractivity contribution in [2.24, 2.45) is 11.7 Å². The van der Waals surface area contributed by atoms with Gasteiger partial charge in [0.2, 0.25) is 0 Å². The van der Waals surface area contributed by atoms with Gasteiger partial charge in [-0.15, -0.1) is 0 Å². The van der Waals surface area contributed by atoms with Crippen molar-refractivity contribution < 1.29 is 0 Å². The maximum absolute atomic E-state index is 5.73. The van der Waals surface area contributed by atoms with Crippen molar-refractivity contribution in [3.8, 4) is 0 Å². The summed E-state index contributed by atoms with van der Waals surface area (Å²) >= 11 is 2.11. The molecule has 2 aliphatic heterocycles. The summed E-state index contributed by atoms with van der Waals surface area (Å²) in [5.41, 5.74) is 5.73. The number of nitrogens with zero attached hydrogens (tertiary/aromatic N) is 1. The third-order valence-corrected chi connectivity index (χ3v) is 4.56. The zero-order valence-electron chi connectivity index (χ0n) is 8.41. The van der Waals surface area contributed by atoms with Crippen LogP contribution in [0.2, 0.25) is 0 Å². The molecule has 0 aromatic carbocycles. The van der Waals surface area contributed by atoms with Crippen molar-refractivity contribution in [3.05, 3.63) is 0 Å². The first-order chi connectivity index (χ1) is 6.31. The first-order valence-corrected chi connectivity index (χ1v) is 6.50. The lowest BCUT2D eigenvalue weighted by molar-refractivity contribution is 0.203. The highest BCUT2D eigenvalue weighted by atomic mass is 32.2. The van der Waals surface area contributed by atoms with E-state index in [2.05, 4.69) is 23.6 Å². The van der Waals surface area contributed by atoms with Gasteiger partial charge in [-0.05, 0) is 38.0 Å². The number of hydrogen-bond acceptors (Lipinski definition) is 3. The standard InChI is InChI=1S/C10H20N2S/c1-8-4-9(5-11)6-12(8)10-2-3-13-7-10/h8-10H,2-7,11H2,1H3. The van der Waals surface area contributed by atoms with E-state index in [0.29, 0.717) is 0 Å². The molecule has 0 aromatic heterocycles. The van der Waals surface area contributed by atoms with Gasteiger partial charge in [0, 0.05) is 24.4 Å². The normalized spacial score (nSPS) is 41.5. The second-order valence-electron chi connectivity index (χ2n) is 4.40. The molecular formula is C10H20N2S. The van der Waals surface area contributed by atoms with Crippen molar-refractivity contribution in [3.63, 3.8) is 0 Å². The molecule has 0 bridgehead atoms. The quantitative estimate of drug-likeness (QED) is 0.725. The Bertz CT molecular complexity index is 168. The molecule has 0 saturated carbocycles. The van der Waals surface area contributed by atoms with E-state index in [4.69, 9.17) is 5.73 Å². The molecule has 3 heteroatoms. The second-order valence-corrected chi connectivity index (χ2v) is 5.55. The Labute approximate surface area is 85.2 Å². The largest absolute Gasteiger partial charge is 0.330 e. The van der Waals surface area contributed by atoms with Crippen LogP contribution in [0, 0.1) is 5.92 Å². The number of nitrogens with two attached hydrogens (primary N) is 1. The van der Waals surface area contributed by atoms with Crippen molar-refractivity contribution in [2.75, 3.05) is 24.6 Å². The van der Waals surface area contributed by atoms with Crippen LogP contribution in [0.5, 0.6) is 0 Å². The Morgan fingerprint density at radius 1 is 1.54 bits per heavy atom. The smallest absolute Gasteiger partial charge is 0.0197 e. The third kappa shape index (κ3) is 2.03. The number of hydrogen-bond donors (Lipinski definition) is 1. The number of thioether (sulfide) groups is 1. The van der Waals surface area contributed by atoms with Gasteiger partial charge in [-0.25, -0.2) is 0 Å². The van der Waals surface area contributed by atoms with Gasteiger partial charge in [-0.1, -0.05) is 0 Å². The van der Waals surface area contributed by atoms with E-state index in [0.717, 1.165) is 24.5 Å². The highest BCUT2D eigenvalue weighted by Gasteiger charge is 2.34. The molecule has 76 valence electrons. The minimum atomic E-state index is 0.764. The van der Waals surface area contributed by atoms with Gasteiger partial charge >= 0.3 is 0 Å². The molecule has 0 aliphatic carbocycles. The topological polar surface area (TPSA) is 29.3 Å². The van der Waals surface area contributed by atoms with Gasteiger partial charge in [0.1, 0.15) is 0 Å². The fourth-order valence-electron chi connectivity index (χ4n) is 2.63. The summed E-state index contributed by atoms with van der Waals surface area (Å²) in [7, 11) is 0. The zero-order chi connectivity index (χ0) is 9.26. The van der Waals surface area contributed by atoms with E-state index in [9.17, 15) is 0 Å². The predicted octanol–water partition coefficient (Wildman–Crippen LogP) is 1.16. The Balaban J connectivity index is 1.91. The second kappa shape index (κ2) is 4.20. The molecule has 0 aromatic rings. The first kappa shape index (κ1) is 9.81. The van der Waals surface area contributed by atoms with Crippen LogP contribution >= 0.6 is 11.8 Å². The molecule has 2 aliphatic rings. The third-order valence-electron chi connectivity index (χ3n) is 3.42. The van der Waals surface area contributed by atoms with E-state index >= 15 is 0 Å². The molecule has 3 atom stereocenters. The molecule has 2 saturated heterocycles. The van der Waals surface area contributed by atoms with Crippen LogP contribution in [0.4, 0.5) is 0 Å². The lowest BCUT2D eigenvalue weighted by atomic mass is 10.1. The van der Waals surface area contributed by atoms with Gasteiger partial charge < -0.3 is 5.73 Å². The molecule has 0 amide bonds. The van der Waals surface area contributed by atoms with Crippen LogP contribution in [0.15, 0.2) is 0 Å². The Hall–Kier alpha value is 0.270. The van der Waals surface area contributed by atoms with E-state index in [1.54, 1.807) is 0 Å². The summed E-state index contributed by atoms with van der Waals surface area (Å²) in [5.74, 6) is 3.48. The fourth-order valence-corrected chi connectivity index (χ4v) is 3.87. The van der Waals surface area contributed by atoms with Gasteiger partial charge in [-0.3, -0.25) is 4.90 Å². The Morgan fingerprint density at radius 2 is 2.38 bits per heavy atom. The maximum Gasteiger partial charge on any atom is 0.0197 e. The minimum absolute atomic E-state index is 0.764. The van der Waals surface area contributed by atoms with Crippen LogP contribution in [-0.2, 0) is 0 Å². The van der Waals surface area contributed by atoms with E-state index in [-0.39, 0.29) is 0 Å². The highest BCUT2D eigenvalue weighted by Crippen LogP contribution is 2.30. The van der Waals surface area contributed by atoms with Crippen molar-refractivity contribution in [1.82, 2.24) is 4.90 Å². The maximum atomic E-state index is 5.73. The molecule has 2 nitrogen and oxygen atoms in total. The first-order valence-electron chi connectivity index (χ1n) is 5.35. The molecule has 2 N–H and O–H groups in total.